The minimum atomic E-state index is -2.82. The molecule has 1 atom stereocenters. The van der Waals surface area contributed by atoms with Crippen LogP contribution in [0.4, 0.5) is 20.5 Å². The Morgan fingerprint density at radius 3 is 2.39 bits per heavy atom. The maximum absolute atomic E-state index is 14.2. The molecular weight excluding hydrogens is 574 g/mol. The third kappa shape index (κ3) is 7.59. The zero-order chi connectivity index (χ0) is 31.1. The average molecular weight is 615 g/mol. The zero-order valence-electron chi connectivity index (χ0n) is 25.1. The predicted octanol–water partition coefficient (Wildman–Crippen LogP) is 2.84. The number of morpholine rings is 2. The monoisotopic (exact) mass is 614 g/mol. The van der Waals surface area contributed by atoms with Gasteiger partial charge in [-0.05, 0) is 25.3 Å². The number of alkyl halides is 2. The van der Waals surface area contributed by atoms with Crippen LogP contribution in [-0.2, 0) is 19.1 Å². The molecule has 3 aliphatic rings. The number of carbonyl (C=O) groups is 2. The molecule has 12 nitrogen and oxygen atoms in total. The molecule has 0 saturated carbocycles. The van der Waals surface area contributed by atoms with Crippen LogP contribution in [-0.4, -0.2) is 113 Å². The number of aromatic nitrogens is 4. The van der Waals surface area contributed by atoms with Crippen molar-refractivity contribution in [1.29, 1.82) is 0 Å². The van der Waals surface area contributed by atoms with E-state index >= 15 is 0 Å². The van der Waals surface area contributed by atoms with E-state index in [0.717, 1.165) is 6.42 Å². The van der Waals surface area contributed by atoms with Gasteiger partial charge in [0.2, 0.25) is 17.8 Å². The van der Waals surface area contributed by atoms with Crippen LogP contribution in [0.2, 0.25) is 0 Å². The van der Waals surface area contributed by atoms with Crippen molar-refractivity contribution in [1.82, 2.24) is 29.3 Å². The summed E-state index contributed by atoms with van der Waals surface area (Å²) in [5.74, 6) is 0.927. The largest absolute Gasteiger partial charge is 0.378 e. The molecule has 0 aliphatic carbocycles. The fourth-order valence-corrected chi connectivity index (χ4v) is 5.64. The topological polar surface area (TPSA) is 118 Å². The van der Waals surface area contributed by atoms with Crippen LogP contribution in [0.15, 0.2) is 24.8 Å². The van der Waals surface area contributed by atoms with Gasteiger partial charge in [-0.3, -0.25) is 14.2 Å². The highest BCUT2D eigenvalue weighted by Crippen LogP contribution is 2.28. The van der Waals surface area contributed by atoms with Gasteiger partial charge in [0.15, 0.2) is 5.82 Å². The number of halogens is 2. The maximum Gasteiger partial charge on any atom is 0.296 e. The fraction of sp³-hybridized carbons (Fsp3) is 0.567. The summed E-state index contributed by atoms with van der Waals surface area (Å²) in [6.07, 6.45) is 3.23. The lowest BCUT2D eigenvalue weighted by atomic mass is 10.1. The summed E-state index contributed by atoms with van der Waals surface area (Å²) in [5, 5.41) is 3.37. The first-order valence-electron chi connectivity index (χ1n) is 15.1. The van der Waals surface area contributed by atoms with E-state index in [1.165, 1.54) is 4.57 Å². The fourth-order valence-electron chi connectivity index (χ4n) is 5.64. The number of nitrogens with zero attached hydrogens (tertiary/aromatic N) is 7. The van der Waals surface area contributed by atoms with Crippen molar-refractivity contribution >= 4 is 29.7 Å². The van der Waals surface area contributed by atoms with Gasteiger partial charge < -0.3 is 29.5 Å². The van der Waals surface area contributed by atoms with Gasteiger partial charge in [-0.25, -0.2) is 13.8 Å². The summed E-state index contributed by atoms with van der Waals surface area (Å²) in [6, 6.07) is 1.65. The number of hydrogen-bond acceptors (Lipinski definition) is 9. The minimum absolute atomic E-state index is 0.0123. The molecule has 0 unspecified atom stereocenters. The molecule has 0 spiro atoms. The molecule has 2 aromatic rings. The first kappa shape index (κ1) is 31.5. The van der Waals surface area contributed by atoms with Crippen LogP contribution in [0, 0.1) is 12.8 Å². The number of anilines is 2. The lowest BCUT2D eigenvalue weighted by Crippen LogP contribution is -2.41. The van der Waals surface area contributed by atoms with Gasteiger partial charge in [-0.15, -0.1) is 0 Å². The second-order valence-electron chi connectivity index (χ2n) is 11.1. The van der Waals surface area contributed by atoms with Gasteiger partial charge in [0.25, 0.3) is 6.43 Å². The van der Waals surface area contributed by atoms with Crippen molar-refractivity contribution < 1.29 is 27.8 Å². The van der Waals surface area contributed by atoms with Crippen molar-refractivity contribution in [2.75, 3.05) is 82.5 Å². The van der Waals surface area contributed by atoms with E-state index in [2.05, 4.69) is 21.9 Å². The Labute approximate surface area is 255 Å². The zero-order valence-corrected chi connectivity index (χ0v) is 25.1. The van der Waals surface area contributed by atoms with E-state index in [9.17, 15) is 18.4 Å². The Morgan fingerprint density at radius 1 is 1.02 bits per heavy atom. The van der Waals surface area contributed by atoms with E-state index in [0.29, 0.717) is 95.4 Å². The molecule has 2 amide bonds. The van der Waals surface area contributed by atoms with Gasteiger partial charge in [0.1, 0.15) is 11.6 Å². The lowest BCUT2D eigenvalue weighted by Gasteiger charge is -2.27. The van der Waals surface area contributed by atoms with Crippen molar-refractivity contribution in [3.63, 3.8) is 0 Å². The second-order valence-corrected chi connectivity index (χ2v) is 11.1. The van der Waals surface area contributed by atoms with Gasteiger partial charge in [0, 0.05) is 70.4 Å². The normalized spacial score (nSPS) is 19.3. The molecule has 1 N–H and O–H groups in total. The Hall–Kier alpha value is -3.91. The van der Waals surface area contributed by atoms with E-state index in [-0.39, 0.29) is 36.4 Å². The molecule has 238 valence electrons. The van der Waals surface area contributed by atoms with E-state index < -0.39 is 12.2 Å². The number of likely N-dealkylation sites (tertiary alicyclic amines) is 1. The SMILES string of the molecule is C=C/C=C\c1nc(C(F)F)n(-c2cc(NC[C@H]3CCN(C(=O)CCC(=O)N4CCOCC4)C3)nc(N3CCOCC3)n2)c1C. The van der Waals surface area contributed by atoms with Crippen LogP contribution in [0.5, 0.6) is 0 Å². The Kier molecular flexibility index (Phi) is 10.5. The summed E-state index contributed by atoms with van der Waals surface area (Å²) in [4.78, 5) is 44.4. The number of allylic oxidation sites excluding steroid dienone is 2. The molecule has 0 radical (unpaired) electrons. The van der Waals surface area contributed by atoms with Crippen LogP contribution < -0.4 is 10.2 Å². The minimum Gasteiger partial charge on any atom is -0.378 e. The highest BCUT2D eigenvalue weighted by Gasteiger charge is 2.28. The van der Waals surface area contributed by atoms with Gasteiger partial charge >= 0.3 is 0 Å². The number of ether oxygens (including phenoxy) is 2. The van der Waals surface area contributed by atoms with Crippen LogP contribution in [0.3, 0.4) is 0 Å². The Balaban J connectivity index is 1.28. The number of rotatable bonds is 11. The van der Waals surface area contributed by atoms with E-state index in [1.54, 1.807) is 36.1 Å². The van der Waals surface area contributed by atoms with Crippen molar-refractivity contribution in [2.45, 2.75) is 32.6 Å². The Bertz CT molecular complexity index is 1350. The quantitative estimate of drug-likeness (QED) is 0.382. The van der Waals surface area contributed by atoms with Gasteiger partial charge in [0.05, 0.1) is 32.1 Å². The number of carbonyl (C=O) groups excluding carboxylic acids is 2. The average Bonchev–Trinajstić information content (AvgIpc) is 3.66. The molecule has 5 heterocycles. The number of amides is 2. The molecular formula is C30H40F2N8O4. The van der Waals surface area contributed by atoms with Gasteiger partial charge in [-0.1, -0.05) is 18.7 Å². The summed E-state index contributed by atoms with van der Waals surface area (Å²) in [6.45, 7) is 11.5. The van der Waals surface area contributed by atoms with Crippen LogP contribution >= 0.6 is 0 Å². The molecule has 0 bridgehead atoms. The molecule has 3 aliphatic heterocycles. The van der Waals surface area contributed by atoms with Crippen molar-refractivity contribution in [2.24, 2.45) is 5.92 Å². The number of hydrogen-bond donors (Lipinski definition) is 1. The first-order chi connectivity index (χ1) is 21.3. The number of nitrogens with one attached hydrogen (secondary N) is 1. The van der Waals surface area contributed by atoms with Crippen LogP contribution in [0.25, 0.3) is 11.9 Å². The standard InChI is InChI=1S/C30H40F2N8O4/c1-3-4-5-23-21(2)40(29(34-23)28(31)32)25-18-24(35-30(36-25)38-12-16-44-17-13-38)33-19-22-8-9-39(20-22)27(42)7-6-26(41)37-10-14-43-15-11-37/h3-5,18,22,28H,1,6-17,19-20H2,2H3,(H,33,35,36)/b5-4-/t22-/m1/s1. The summed E-state index contributed by atoms with van der Waals surface area (Å²) in [7, 11) is 0. The van der Waals surface area contributed by atoms with Gasteiger partial charge in [-0.2, -0.15) is 9.97 Å². The highest BCUT2D eigenvalue weighted by atomic mass is 19.3. The maximum atomic E-state index is 14.2. The third-order valence-electron chi connectivity index (χ3n) is 8.11. The summed E-state index contributed by atoms with van der Waals surface area (Å²) in [5.41, 5.74) is 0.927. The molecule has 3 fully saturated rings. The predicted molar refractivity (Wildman–Crippen MR) is 161 cm³/mol. The summed E-state index contributed by atoms with van der Waals surface area (Å²) >= 11 is 0. The molecule has 5 rings (SSSR count). The lowest BCUT2D eigenvalue weighted by molar-refractivity contribution is -0.139. The second kappa shape index (κ2) is 14.7. The molecule has 44 heavy (non-hydrogen) atoms. The van der Waals surface area contributed by atoms with E-state index in [4.69, 9.17) is 14.5 Å². The Morgan fingerprint density at radius 2 is 1.70 bits per heavy atom. The highest BCUT2D eigenvalue weighted by molar-refractivity contribution is 5.84. The van der Waals surface area contributed by atoms with Crippen LogP contribution in [0.1, 0.15) is 42.9 Å². The molecule has 2 aromatic heterocycles. The molecule has 3 saturated heterocycles. The third-order valence-corrected chi connectivity index (χ3v) is 8.11. The number of imidazole rings is 1. The smallest absolute Gasteiger partial charge is 0.296 e. The van der Waals surface area contributed by atoms with E-state index in [1.807, 2.05) is 9.80 Å². The molecule has 14 heteroatoms. The van der Waals surface area contributed by atoms with Crippen molar-refractivity contribution in [3.8, 4) is 5.82 Å². The first-order valence-corrected chi connectivity index (χ1v) is 15.1. The molecule has 0 aromatic carbocycles. The summed E-state index contributed by atoms with van der Waals surface area (Å²) < 4.78 is 40.5. The van der Waals surface area contributed by atoms with Crippen molar-refractivity contribution in [3.05, 3.63) is 42.0 Å².